The van der Waals surface area contributed by atoms with Crippen molar-refractivity contribution in [3.8, 4) is 0 Å². The molecule has 4 amide bonds. The first-order chi connectivity index (χ1) is 18.4. The minimum atomic E-state index is -0.780. The summed E-state index contributed by atoms with van der Waals surface area (Å²) >= 11 is 4.01. The lowest BCUT2D eigenvalue weighted by atomic mass is 10.3. The van der Waals surface area contributed by atoms with Gasteiger partial charge in [0.2, 0.25) is 5.91 Å². The van der Waals surface area contributed by atoms with Gasteiger partial charge in [0, 0.05) is 58.5 Å². The Labute approximate surface area is 230 Å². The summed E-state index contributed by atoms with van der Waals surface area (Å²) in [6.07, 6.45) is 5.00. The number of thiol groups is 1. The van der Waals surface area contributed by atoms with Gasteiger partial charge in [0.25, 0.3) is 17.7 Å². The zero-order valence-electron chi connectivity index (χ0n) is 21.7. The summed E-state index contributed by atoms with van der Waals surface area (Å²) < 4.78 is 4.67. The number of aromatic nitrogens is 3. The van der Waals surface area contributed by atoms with Gasteiger partial charge >= 0.3 is 0 Å². The molecule has 9 N–H and O–H groups in total. The Morgan fingerprint density at radius 1 is 0.821 bits per heavy atom. The number of hydrogen-bond acceptors (Lipinski definition) is 7. The van der Waals surface area contributed by atoms with E-state index in [0.29, 0.717) is 22.8 Å². The van der Waals surface area contributed by atoms with Gasteiger partial charge in [-0.3, -0.25) is 24.6 Å². The fourth-order valence-corrected chi connectivity index (χ4v) is 3.85. The van der Waals surface area contributed by atoms with Gasteiger partial charge in [0.1, 0.15) is 17.1 Å². The standard InChI is InChI=1S/C24H32N10O4S/c1-32-10-14(6-17(32)22(36)28-5-4-20(26)27)30-24(38)19-8-15(11-34(19)3)31-23(37)18-7-13(9-33(18)2)29-21(35)16(25)12-39/h6-11,16,39H,4-5,12,25H2,1-3H3,(H3,26,27)(H,28,36)(H,29,35)(H,30,38)(H,31,37)/t16-/m0/s1. The Bertz CT molecular complexity index is 1420. The normalized spacial score (nSPS) is 11.5. The Kier molecular flexibility index (Phi) is 9.21. The third kappa shape index (κ3) is 7.30. The number of nitrogens with one attached hydrogen (secondary N) is 5. The Morgan fingerprint density at radius 2 is 1.23 bits per heavy atom. The SMILES string of the molecule is Cn1cc(NC(=O)c2cc(NC(=O)c3cc(NC(=O)[C@@H](N)CS)cn3C)cn2C)cc1C(=O)NCCC(=N)N. The molecule has 3 rings (SSSR count). The lowest BCUT2D eigenvalue weighted by Crippen LogP contribution is -2.36. The zero-order chi connectivity index (χ0) is 28.9. The van der Waals surface area contributed by atoms with Crippen LogP contribution in [-0.2, 0) is 25.9 Å². The maximum Gasteiger partial charge on any atom is 0.272 e. The molecule has 0 aromatic carbocycles. The second kappa shape index (κ2) is 12.4. The molecule has 0 unspecified atom stereocenters. The largest absolute Gasteiger partial charge is 0.388 e. The Hall–Kier alpha value is -4.50. The molecule has 208 valence electrons. The molecule has 0 spiro atoms. The molecule has 0 radical (unpaired) electrons. The number of nitrogens with zero attached hydrogens (tertiary/aromatic N) is 3. The topological polar surface area (TPSA) is 207 Å². The van der Waals surface area contributed by atoms with Crippen molar-refractivity contribution in [3.05, 3.63) is 53.9 Å². The number of amides is 4. The third-order valence-electron chi connectivity index (χ3n) is 5.71. The van der Waals surface area contributed by atoms with Crippen LogP contribution in [0.15, 0.2) is 36.8 Å². The van der Waals surface area contributed by atoms with Crippen LogP contribution in [0.2, 0.25) is 0 Å². The van der Waals surface area contributed by atoms with E-state index in [9.17, 15) is 19.2 Å². The van der Waals surface area contributed by atoms with E-state index in [-0.39, 0.29) is 41.8 Å². The first-order valence-corrected chi connectivity index (χ1v) is 12.4. The van der Waals surface area contributed by atoms with E-state index in [1.807, 2.05) is 0 Å². The molecule has 3 aromatic rings. The van der Waals surface area contributed by atoms with E-state index in [0.717, 1.165) is 0 Å². The molecular weight excluding hydrogens is 524 g/mol. The summed E-state index contributed by atoms with van der Waals surface area (Å²) in [5.74, 6) is -1.52. The molecule has 15 heteroatoms. The maximum absolute atomic E-state index is 12.9. The first-order valence-electron chi connectivity index (χ1n) is 11.8. The van der Waals surface area contributed by atoms with Gasteiger partial charge in [-0.2, -0.15) is 12.6 Å². The minimum absolute atomic E-state index is 0.0275. The molecule has 0 aliphatic heterocycles. The second-order valence-corrected chi connectivity index (χ2v) is 9.26. The molecule has 39 heavy (non-hydrogen) atoms. The van der Waals surface area contributed by atoms with E-state index >= 15 is 0 Å². The van der Waals surface area contributed by atoms with Crippen LogP contribution >= 0.6 is 12.6 Å². The molecule has 0 saturated carbocycles. The van der Waals surface area contributed by atoms with Crippen molar-refractivity contribution in [1.29, 1.82) is 5.41 Å². The number of amidine groups is 1. The minimum Gasteiger partial charge on any atom is -0.388 e. The average molecular weight is 557 g/mol. The molecule has 3 heterocycles. The van der Waals surface area contributed by atoms with Crippen LogP contribution in [0.4, 0.5) is 17.1 Å². The summed E-state index contributed by atoms with van der Waals surface area (Å²) in [4.78, 5) is 50.2. The predicted molar refractivity (Wildman–Crippen MR) is 151 cm³/mol. The summed E-state index contributed by atoms with van der Waals surface area (Å²) in [7, 11) is 4.98. The monoisotopic (exact) mass is 556 g/mol. The van der Waals surface area contributed by atoms with Crippen molar-refractivity contribution in [2.45, 2.75) is 12.5 Å². The highest BCUT2D eigenvalue weighted by Gasteiger charge is 2.19. The summed E-state index contributed by atoms with van der Waals surface area (Å²) in [5.41, 5.74) is 13.0. The van der Waals surface area contributed by atoms with Crippen molar-refractivity contribution >= 4 is 59.2 Å². The molecule has 14 nitrogen and oxygen atoms in total. The van der Waals surface area contributed by atoms with Gasteiger partial charge < -0.3 is 46.4 Å². The summed E-state index contributed by atoms with van der Waals surface area (Å²) in [6.45, 7) is 0.224. The molecule has 0 saturated heterocycles. The van der Waals surface area contributed by atoms with Crippen LogP contribution in [0, 0.1) is 5.41 Å². The number of anilines is 3. The smallest absolute Gasteiger partial charge is 0.272 e. The molecule has 3 aromatic heterocycles. The molecule has 0 aliphatic rings. The van der Waals surface area contributed by atoms with Gasteiger partial charge in [-0.15, -0.1) is 0 Å². The van der Waals surface area contributed by atoms with Crippen molar-refractivity contribution in [2.24, 2.45) is 32.6 Å². The van der Waals surface area contributed by atoms with E-state index in [1.165, 1.54) is 18.2 Å². The first kappa shape index (κ1) is 29.1. The molecular formula is C24H32N10O4S. The summed E-state index contributed by atoms with van der Waals surface area (Å²) in [6, 6.07) is 3.78. The van der Waals surface area contributed by atoms with Gasteiger partial charge in [-0.05, 0) is 18.2 Å². The maximum atomic E-state index is 12.9. The Morgan fingerprint density at radius 3 is 1.64 bits per heavy atom. The number of nitrogens with two attached hydrogens (primary N) is 2. The zero-order valence-corrected chi connectivity index (χ0v) is 22.6. The lowest BCUT2D eigenvalue weighted by Gasteiger charge is -2.07. The van der Waals surface area contributed by atoms with Gasteiger partial charge in [0.15, 0.2) is 0 Å². The number of aryl methyl sites for hydroxylation is 3. The number of hydrogen-bond donors (Lipinski definition) is 8. The van der Waals surface area contributed by atoms with Crippen LogP contribution < -0.4 is 32.7 Å². The van der Waals surface area contributed by atoms with Crippen LogP contribution in [0.25, 0.3) is 0 Å². The second-order valence-electron chi connectivity index (χ2n) is 8.89. The quantitative estimate of drug-likeness (QED) is 0.0955. The van der Waals surface area contributed by atoms with Crippen molar-refractivity contribution in [1.82, 2.24) is 19.0 Å². The van der Waals surface area contributed by atoms with Crippen LogP contribution in [0.5, 0.6) is 0 Å². The summed E-state index contributed by atoms with van der Waals surface area (Å²) in [5, 5.41) is 18.0. The fourth-order valence-electron chi connectivity index (χ4n) is 3.69. The molecule has 0 aliphatic carbocycles. The van der Waals surface area contributed by atoms with Crippen LogP contribution in [-0.4, -0.2) is 61.5 Å². The van der Waals surface area contributed by atoms with Gasteiger partial charge in [-0.1, -0.05) is 0 Å². The highest BCUT2D eigenvalue weighted by Crippen LogP contribution is 2.19. The molecule has 1 atom stereocenters. The molecule has 0 bridgehead atoms. The van der Waals surface area contributed by atoms with E-state index in [4.69, 9.17) is 16.9 Å². The number of carbonyl (C=O) groups is 4. The lowest BCUT2D eigenvalue weighted by molar-refractivity contribution is -0.116. The van der Waals surface area contributed by atoms with Gasteiger partial charge in [0.05, 0.1) is 28.9 Å². The van der Waals surface area contributed by atoms with E-state index in [1.54, 1.807) is 53.4 Å². The number of rotatable bonds is 11. The fraction of sp³-hybridized carbons (Fsp3) is 0.292. The van der Waals surface area contributed by atoms with Crippen LogP contribution in [0.1, 0.15) is 37.9 Å². The van der Waals surface area contributed by atoms with E-state index < -0.39 is 23.8 Å². The average Bonchev–Trinajstić information content (AvgIpc) is 3.53. The van der Waals surface area contributed by atoms with Crippen molar-refractivity contribution in [3.63, 3.8) is 0 Å². The number of carbonyl (C=O) groups excluding carboxylic acids is 4. The van der Waals surface area contributed by atoms with Crippen molar-refractivity contribution < 1.29 is 19.2 Å². The van der Waals surface area contributed by atoms with Crippen molar-refractivity contribution in [2.75, 3.05) is 28.2 Å². The highest BCUT2D eigenvalue weighted by molar-refractivity contribution is 7.80. The van der Waals surface area contributed by atoms with Crippen LogP contribution in [0.3, 0.4) is 0 Å². The Balaban J connectivity index is 1.65. The third-order valence-corrected chi connectivity index (χ3v) is 6.10. The molecule has 0 fully saturated rings. The predicted octanol–water partition coefficient (Wildman–Crippen LogP) is 0.458. The highest BCUT2D eigenvalue weighted by atomic mass is 32.1. The van der Waals surface area contributed by atoms with E-state index in [2.05, 4.69) is 33.9 Å². The van der Waals surface area contributed by atoms with Gasteiger partial charge in [-0.25, -0.2) is 0 Å².